The summed E-state index contributed by atoms with van der Waals surface area (Å²) in [7, 11) is 0. The van der Waals surface area contributed by atoms with Gasteiger partial charge in [0.15, 0.2) is 4.96 Å². The summed E-state index contributed by atoms with van der Waals surface area (Å²) >= 11 is 1.46. The Balaban J connectivity index is 1.29. The van der Waals surface area contributed by atoms with Crippen LogP contribution in [0, 0.1) is 5.92 Å². The van der Waals surface area contributed by atoms with Crippen LogP contribution in [-0.2, 0) is 16.1 Å². The molecule has 2 aromatic rings. The highest BCUT2D eigenvalue weighted by Crippen LogP contribution is 2.29. The topological polar surface area (TPSA) is 67.2 Å². The van der Waals surface area contributed by atoms with Crippen LogP contribution in [0.25, 0.3) is 4.96 Å². The lowest BCUT2D eigenvalue weighted by atomic mass is 10.2. The average Bonchev–Trinajstić information content (AvgIpc) is 3.35. The van der Waals surface area contributed by atoms with Crippen LogP contribution in [0.1, 0.15) is 25.5 Å². The lowest BCUT2D eigenvalue weighted by Crippen LogP contribution is -2.51. The number of aromatic nitrogens is 2. The third-order valence-electron chi connectivity index (χ3n) is 5.05. The number of piperazine rings is 1. The Labute approximate surface area is 156 Å². The summed E-state index contributed by atoms with van der Waals surface area (Å²) in [5.41, 5.74) is 0.750. The number of thiazole rings is 1. The van der Waals surface area contributed by atoms with E-state index in [1.54, 1.807) is 16.7 Å². The van der Waals surface area contributed by atoms with Crippen LogP contribution < -0.4 is 5.56 Å². The van der Waals surface area contributed by atoms with E-state index in [-0.39, 0.29) is 17.6 Å². The van der Waals surface area contributed by atoms with E-state index in [1.165, 1.54) is 24.2 Å². The fraction of sp³-hybridized carbons (Fsp3) is 0.611. The number of carbonyl (C=O) groups excluding carboxylic acids is 1. The maximum Gasteiger partial charge on any atom is 0.258 e. The first-order chi connectivity index (χ1) is 12.6. The van der Waals surface area contributed by atoms with Crippen LogP contribution in [0.15, 0.2) is 22.4 Å². The van der Waals surface area contributed by atoms with Crippen molar-refractivity contribution in [2.45, 2.75) is 32.4 Å². The minimum Gasteiger partial charge on any atom is -0.368 e. The van der Waals surface area contributed by atoms with Crippen LogP contribution in [0.2, 0.25) is 0 Å². The van der Waals surface area contributed by atoms with Crippen molar-refractivity contribution < 1.29 is 9.53 Å². The number of nitrogens with zero attached hydrogens (tertiary/aromatic N) is 4. The zero-order valence-electron chi connectivity index (χ0n) is 15.0. The fourth-order valence-electron chi connectivity index (χ4n) is 3.22. The molecule has 1 amide bonds. The molecule has 1 saturated carbocycles. The van der Waals surface area contributed by atoms with Gasteiger partial charge in [-0.2, -0.15) is 0 Å². The maximum absolute atomic E-state index is 12.5. The standard InChI is InChI=1S/C18H24N4O3S/c1-13(25-12-14-2-3-14)17(24)21-6-4-20(5-7-21)11-15-10-16(23)22-8-9-26-18(22)19-15/h8-10,13-14H,2-7,11-12H2,1H3. The van der Waals surface area contributed by atoms with Crippen LogP contribution in [0.4, 0.5) is 0 Å². The second-order valence-corrected chi connectivity index (χ2v) is 8.03. The molecule has 2 fully saturated rings. The van der Waals surface area contributed by atoms with Gasteiger partial charge < -0.3 is 9.64 Å². The molecule has 1 aliphatic heterocycles. The smallest absolute Gasteiger partial charge is 0.258 e. The van der Waals surface area contributed by atoms with E-state index >= 15 is 0 Å². The molecule has 26 heavy (non-hydrogen) atoms. The molecule has 2 aliphatic rings. The second kappa shape index (κ2) is 7.46. The normalized spacial score (nSPS) is 19.8. The number of rotatable bonds is 6. The molecule has 2 aromatic heterocycles. The Morgan fingerprint density at radius 2 is 2.12 bits per heavy atom. The molecule has 1 atom stereocenters. The zero-order chi connectivity index (χ0) is 18.1. The summed E-state index contributed by atoms with van der Waals surface area (Å²) in [6, 6.07) is 1.60. The monoisotopic (exact) mass is 376 g/mol. The minimum absolute atomic E-state index is 0.0401. The van der Waals surface area contributed by atoms with Gasteiger partial charge in [-0.05, 0) is 25.7 Å². The summed E-state index contributed by atoms with van der Waals surface area (Å²) in [5.74, 6) is 0.751. The maximum atomic E-state index is 12.5. The molecular formula is C18H24N4O3S. The van der Waals surface area contributed by atoms with E-state index in [0.717, 1.165) is 23.7 Å². The molecule has 0 radical (unpaired) electrons. The number of amides is 1. The van der Waals surface area contributed by atoms with Gasteiger partial charge in [0, 0.05) is 50.4 Å². The predicted molar refractivity (Wildman–Crippen MR) is 99.3 cm³/mol. The van der Waals surface area contributed by atoms with Crippen molar-refractivity contribution >= 4 is 22.2 Å². The summed E-state index contributed by atoms with van der Waals surface area (Å²) in [6.45, 7) is 6.15. The largest absolute Gasteiger partial charge is 0.368 e. The third-order valence-corrected chi connectivity index (χ3v) is 5.81. The van der Waals surface area contributed by atoms with Crippen molar-refractivity contribution in [3.8, 4) is 0 Å². The molecule has 1 unspecified atom stereocenters. The van der Waals surface area contributed by atoms with Crippen LogP contribution in [0.5, 0.6) is 0 Å². The minimum atomic E-state index is -0.356. The first kappa shape index (κ1) is 17.6. The molecule has 140 valence electrons. The molecule has 1 saturated heterocycles. The highest BCUT2D eigenvalue weighted by Gasteiger charge is 2.28. The number of hydrogen-bond donors (Lipinski definition) is 0. The number of fused-ring (bicyclic) bond motifs is 1. The van der Waals surface area contributed by atoms with E-state index in [2.05, 4.69) is 9.88 Å². The average molecular weight is 376 g/mol. The van der Waals surface area contributed by atoms with Gasteiger partial charge in [-0.15, -0.1) is 11.3 Å². The molecule has 8 heteroatoms. The van der Waals surface area contributed by atoms with Gasteiger partial charge in [-0.25, -0.2) is 4.98 Å². The fourth-order valence-corrected chi connectivity index (χ4v) is 3.96. The van der Waals surface area contributed by atoms with Gasteiger partial charge in [0.1, 0.15) is 6.10 Å². The molecule has 0 bridgehead atoms. The highest BCUT2D eigenvalue weighted by atomic mass is 32.1. The van der Waals surface area contributed by atoms with E-state index in [1.807, 2.05) is 17.2 Å². The SMILES string of the molecule is CC(OCC1CC1)C(=O)N1CCN(Cc2cc(=O)n3ccsc3n2)CC1. The molecular weight excluding hydrogens is 352 g/mol. The van der Waals surface area contributed by atoms with Gasteiger partial charge >= 0.3 is 0 Å². The van der Waals surface area contributed by atoms with Crippen molar-refractivity contribution in [3.05, 3.63) is 33.7 Å². The first-order valence-electron chi connectivity index (χ1n) is 9.18. The zero-order valence-corrected chi connectivity index (χ0v) is 15.8. The Morgan fingerprint density at radius 1 is 1.35 bits per heavy atom. The highest BCUT2D eigenvalue weighted by molar-refractivity contribution is 7.15. The number of hydrogen-bond acceptors (Lipinski definition) is 6. The van der Waals surface area contributed by atoms with Gasteiger partial charge in [0.2, 0.25) is 0 Å². The number of carbonyl (C=O) groups is 1. The molecule has 1 aliphatic carbocycles. The van der Waals surface area contributed by atoms with Crippen LogP contribution >= 0.6 is 11.3 Å². The van der Waals surface area contributed by atoms with Gasteiger partial charge in [0.05, 0.1) is 12.3 Å². The molecule has 4 rings (SSSR count). The quantitative estimate of drug-likeness (QED) is 0.758. The second-order valence-electron chi connectivity index (χ2n) is 7.16. The summed E-state index contributed by atoms with van der Waals surface area (Å²) < 4.78 is 7.26. The van der Waals surface area contributed by atoms with Crippen molar-refractivity contribution in [3.63, 3.8) is 0 Å². The Bertz CT molecular complexity index is 836. The van der Waals surface area contributed by atoms with Crippen molar-refractivity contribution in [2.75, 3.05) is 32.8 Å². The Kier molecular flexibility index (Phi) is 5.06. The Morgan fingerprint density at radius 3 is 2.85 bits per heavy atom. The van der Waals surface area contributed by atoms with Gasteiger partial charge in [-0.1, -0.05) is 0 Å². The van der Waals surface area contributed by atoms with E-state index in [4.69, 9.17) is 4.74 Å². The van der Waals surface area contributed by atoms with Crippen molar-refractivity contribution in [1.82, 2.24) is 19.2 Å². The van der Waals surface area contributed by atoms with Crippen LogP contribution in [0.3, 0.4) is 0 Å². The molecule has 0 spiro atoms. The van der Waals surface area contributed by atoms with Crippen LogP contribution in [-0.4, -0.2) is 64.0 Å². The number of ether oxygens (including phenoxy) is 1. The lowest BCUT2D eigenvalue weighted by Gasteiger charge is -2.35. The molecule has 7 nitrogen and oxygen atoms in total. The van der Waals surface area contributed by atoms with Crippen molar-refractivity contribution in [2.24, 2.45) is 5.92 Å². The molecule has 0 aromatic carbocycles. The van der Waals surface area contributed by atoms with Gasteiger partial charge in [0.25, 0.3) is 11.5 Å². The lowest BCUT2D eigenvalue weighted by molar-refractivity contribution is -0.144. The predicted octanol–water partition coefficient (Wildman–Crippen LogP) is 1.22. The molecule has 3 heterocycles. The third kappa shape index (κ3) is 3.97. The Hall–Kier alpha value is -1.77. The molecule has 0 N–H and O–H groups in total. The van der Waals surface area contributed by atoms with Crippen molar-refractivity contribution in [1.29, 1.82) is 0 Å². The summed E-state index contributed by atoms with van der Waals surface area (Å²) in [4.78, 5) is 34.0. The van der Waals surface area contributed by atoms with E-state index in [9.17, 15) is 9.59 Å². The van der Waals surface area contributed by atoms with Gasteiger partial charge in [-0.3, -0.25) is 18.9 Å². The summed E-state index contributed by atoms with van der Waals surface area (Å²) in [5, 5.41) is 1.87. The van der Waals surface area contributed by atoms with E-state index in [0.29, 0.717) is 32.2 Å². The van der Waals surface area contributed by atoms with E-state index < -0.39 is 0 Å². The summed E-state index contributed by atoms with van der Waals surface area (Å²) in [6.07, 6.45) is 3.85. The first-order valence-corrected chi connectivity index (χ1v) is 10.1.